The molecular weight excluding hydrogens is 1920 g/mol. The van der Waals surface area contributed by atoms with Crippen molar-refractivity contribution in [2.75, 3.05) is 13.1 Å². The number of rotatable bonds is 24. The third-order valence-corrected chi connectivity index (χ3v) is 30.1. The van der Waals surface area contributed by atoms with Crippen LogP contribution in [-0.2, 0) is 90.7 Å². The Bertz CT molecular complexity index is 6700. The molecule has 4 saturated carbocycles. The quantitative estimate of drug-likeness (QED) is 0.0198. The first kappa shape index (κ1) is 99.3. The Kier molecular flexibility index (Phi) is 29.0. The van der Waals surface area contributed by atoms with Crippen LogP contribution in [-0.4, -0.2) is 184 Å². The van der Waals surface area contributed by atoms with Crippen molar-refractivity contribution in [3.8, 4) is 23.0 Å². The van der Waals surface area contributed by atoms with Gasteiger partial charge in [0.2, 0.25) is 47.3 Å². The van der Waals surface area contributed by atoms with Crippen LogP contribution in [0.5, 0.6) is 23.0 Å². The number of nitrogens with one attached hydrogen (secondary N) is 4. The summed E-state index contributed by atoms with van der Waals surface area (Å²) in [5.74, 6) is -6.01. The zero-order valence-electron chi connectivity index (χ0n) is 76.5. The van der Waals surface area contributed by atoms with Crippen LogP contribution in [0, 0.1) is 58.8 Å². The van der Waals surface area contributed by atoms with E-state index in [-0.39, 0.29) is 235 Å². The predicted octanol–water partition coefficient (Wildman–Crippen LogP) is 12.7. The van der Waals surface area contributed by atoms with Gasteiger partial charge in [0.25, 0.3) is 17.7 Å². The number of halogens is 8. The first-order chi connectivity index (χ1) is 68.0. The van der Waals surface area contributed by atoms with Gasteiger partial charge in [0.05, 0.1) is 53.3 Å². The van der Waals surface area contributed by atoms with Gasteiger partial charge in [-0.25, -0.2) is 17.6 Å². The van der Waals surface area contributed by atoms with Gasteiger partial charge in [-0.2, -0.15) is 5.10 Å². The lowest BCUT2D eigenvalue weighted by molar-refractivity contribution is -0.141. The van der Waals surface area contributed by atoms with Crippen LogP contribution in [0.25, 0.3) is 43.6 Å². The minimum absolute atomic E-state index is 0.00662. The monoisotopic (exact) mass is 2020 g/mol. The van der Waals surface area contributed by atoms with Crippen molar-refractivity contribution in [2.24, 2.45) is 52.7 Å². The van der Waals surface area contributed by atoms with Crippen LogP contribution in [0.4, 0.5) is 17.6 Å². The number of hydrogen-bond donors (Lipinski definition) is 11. The number of primary amides is 3. The molecule has 142 heavy (non-hydrogen) atoms. The summed E-state index contributed by atoms with van der Waals surface area (Å²) in [5, 5.41) is 57.1. The molecule has 0 spiro atoms. The van der Waals surface area contributed by atoms with Gasteiger partial charge in [0.1, 0.15) is 96.6 Å². The fourth-order valence-electron chi connectivity index (χ4n) is 21.8. The van der Waals surface area contributed by atoms with Gasteiger partial charge in [-0.3, -0.25) is 62.2 Å². The van der Waals surface area contributed by atoms with Gasteiger partial charge in [-0.15, -0.1) is 0 Å². The lowest BCUT2D eigenvalue weighted by Gasteiger charge is -2.32. The van der Waals surface area contributed by atoms with Crippen LogP contribution in [0.3, 0.4) is 0 Å². The SMILES string of the molecule is CC(=O)c1cn(CC(=O)N2[C@@H]3CCC[C@@H]3C[C@H]2C(=O)NCc2cccc(Cl)c2F)c2cc(O)ccc12.NC(=O)c1cn(CC(=O)N2C[C@@H]3CC[C@@H]3[C@H]2C(=O)NCc2cccc(Cl)c2F)c2cc(O)ccc12.NC(=O)c1cn(CC(=O)N2[C@@H]3CCC[C@@H]3C[C@H]2C(=O)NCc2cccc(Cl)c2F)c2cc(O)ccc12.NC(=O)c1nn(CC(=O)N2C[C@@H]3CC[C@@H]3[C@H]2C(=O)NCc2cccc(Cl)c2F)c2cc(O)ccc12. The molecule has 740 valence electrons. The molecule has 14 N–H and O–H groups in total. The Morgan fingerprint density at radius 1 is 0.380 bits per heavy atom. The molecule has 8 aromatic carbocycles. The molecule has 12 atom stereocenters. The van der Waals surface area contributed by atoms with Crippen molar-refractivity contribution < 1.29 is 95.5 Å². The van der Waals surface area contributed by atoms with E-state index in [4.69, 9.17) is 63.6 Å². The molecule has 8 heterocycles. The number of fused-ring (bicyclic) bond motifs is 8. The smallest absolute Gasteiger partial charge is 0.269 e. The van der Waals surface area contributed by atoms with E-state index in [1.165, 1.54) is 108 Å². The average molecular weight is 2020 g/mol. The van der Waals surface area contributed by atoms with Gasteiger partial charge < -0.3 is 92.2 Å². The van der Waals surface area contributed by atoms with Crippen LogP contribution >= 0.6 is 46.4 Å². The average Bonchev–Trinajstić information content (AvgIpc) is 1.68. The van der Waals surface area contributed by atoms with E-state index >= 15 is 0 Å². The van der Waals surface area contributed by atoms with Crippen LogP contribution in [0.15, 0.2) is 164 Å². The summed E-state index contributed by atoms with van der Waals surface area (Å²) in [7, 11) is 0. The van der Waals surface area contributed by atoms with Crippen molar-refractivity contribution in [2.45, 2.75) is 173 Å². The van der Waals surface area contributed by atoms with Crippen LogP contribution in [0.2, 0.25) is 20.1 Å². The highest BCUT2D eigenvalue weighted by Crippen LogP contribution is 2.49. The van der Waals surface area contributed by atoms with E-state index < -0.39 is 65.2 Å². The number of carbonyl (C=O) groups is 12. The maximum atomic E-state index is 14.3. The van der Waals surface area contributed by atoms with E-state index in [1.54, 1.807) is 101 Å². The highest BCUT2D eigenvalue weighted by Gasteiger charge is 2.55. The number of aromatic hydroxyl groups is 4. The highest BCUT2D eigenvalue weighted by molar-refractivity contribution is 6.32. The number of phenols is 4. The van der Waals surface area contributed by atoms with Gasteiger partial charge >= 0.3 is 0 Å². The normalized spacial score (nSPS) is 21.0. The van der Waals surface area contributed by atoms with Gasteiger partial charge in [0.15, 0.2) is 11.5 Å². The number of aromatic nitrogens is 5. The molecule has 0 radical (unpaired) electrons. The zero-order chi connectivity index (χ0) is 101. The van der Waals surface area contributed by atoms with E-state index in [0.29, 0.717) is 75.1 Å². The number of Topliss-reactive ketones (excluding diaryl/α,β-unsaturated/α-hetero) is 1. The van der Waals surface area contributed by atoms with Gasteiger partial charge in [0, 0.05) is 144 Å². The summed E-state index contributed by atoms with van der Waals surface area (Å²) in [6.07, 6.45) is 14.8. The second kappa shape index (κ2) is 41.5. The lowest BCUT2D eigenvalue weighted by atomic mass is 9.73. The van der Waals surface area contributed by atoms with Crippen molar-refractivity contribution in [3.05, 3.63) is 252 Å². The molecule has 12 aromatic rings. The maximum Gasteiger partial charge on any atom is 0.269 e. The highest BCUT2D eigenvalue weighted by atomic mass is 35.5. The van der Waals surface area contributed by atoms with E-state index in [2.05, 4.69) is 26.4 Å². The summed E-state index contributed by atoms with van der Waals surface area (Å²) < 4.78 is 63.2. The molecule has 32 nitrogen and oxygen atoms in total. The number of benzene rings is 8. The number of phenolic OH excluding ortho intramolecular Hbond substituents is 4. The topological polar surface area (TPSA) is 458 Å². The molecule has 4 saturated heterocycles. The first-order valence-electron chi connectivity index (χ1n) is 46.6. The third-order valence-electron chi connectivity index (χ3n) is 28.9. The molecule has 11 amide bonds. The number of amides is 11. The Labute approximate surface area is 829 Å². The van der Waals surface area contributed by atoms with Crippen molar-refractivity contribution in [1.29, 1.82) is 0 Å². The summed E-state index contributed by atoms with van der Waals surface area (Å²) in [6.45, 7) is 1.65. The molecule has 4 aromatic heterocycles. The Balaban J connectivity index is 0.000000130. The fourth-order valence-corrected chi connectivity index (χ4v) is 22.6. The molecule has 4 aliphatic heterocycles. The van der Waals surface area contributed by atoms with Crippen molar-refractivity contribution >= 4 is 161 Å². The molecule has 8 fully saturated rings. The van der Waals surface area contributed by atoms with Gasteiger partial charge in [-0.1, -0.05) is 108 Å². The van der Waals surface area contributed by atoms with Crippen LogP contribution < -0.4 is 38.5 Å². The molecule has 0 bridgehead atoms. The van der Waals surface area contributed by atoms with Crippen LogP contribution in [0.1, 0.15) is 148 Å². The molecule has 0 unspecified atom stereocenters. The third kappa shape index (κ3) is 20.1. The molecular formula is C102H100Cl4F4N16O16. The second-order valence-electron chi connectivity index (χ2n) is 37.3. The minimum Gasteiger partial charge on any atom is -0.508 e. The Morgan fingerprint density at radius 2 is 0.711 bits per heavy atom. The summed E-state index contributed by atoms with van der Waals surface area (Å²) in [6, 6.07) is 33.7. The largest absolute Gasteiger partial charge is 0.508 e. The number of hydrogen-bond acceptors (Lipinski definition) is 17. The molecule has 4 aliphatic carbocycles. The predicted molar refractivity (Wildman–Crippen MR) is 517 cm³/mol. The second-order valence-corrected chi connectivity index (χ2v) is 38.9. The van der Waals surface area contributed by atoms with E-state index in [0.717, 1.165) is 64.2 Å². The van der Waals surface area contributed by atoms with Crippen molar-refractivity contribution in [3.63, 3.8) is 0 Å². The molecule has 40 heteroatoms. The Morgan fingerprint density at radius 3 is 1.06 bits per heavy atom. The molecule has 20 rings (SSSR count). The number of nitrogens with zero attached hydrogens (tertiary/aromatic N) is 9. The summed E-state index contributed by atoms with van der Waals surface area (Å²) in [4.78, 5) is 161. The lowest BCUT2D eigenvalue weighted by Crippen LogP contribution is -2.49. The van der Waals surface area contributed by atoms with Gasteiger partial charge in [-0.05, 0) is 179 Å². The maximum absolute atomic E-state index is 14.3. The Hall–Kier alpha value is -14.2. The standard InChI is InChI=1S/C27H27ClFN3O4.C26H26ClFN4O4.C25H24ClFN4O4.C24H23ClFN5O4/c1-15(33)20-13-31(23-11-18(34)8-9-19(20)23)14-25(35)32-22-7-3-4-16(22)10-24(32)27(36)30-12-17-5-2-6-21(28)26(17)29;27-19-5-1-4-15(24(19)28)11-30-26(36)22-9-14-3-2-6-20(14)32(22)23(34)13-31-12-18(25(29)35)17-8-7-16(33)10-21(17)31;26-19-3-1-2-13(22(19)27)9-29-25(35)23-16-6-4-14(16)10-31(23)21(33)12-30-11-18(24(28)34)17-7-5-15(32)8-20(17)30;25-17-3-1-2-12(20(17)26)9-28-24(35)22-15-6-4-13(15)10-30(22)19(33)11-31-18-8-14(32)5-7-16(18)21(29-31)23(27)34/h2,5-6,8-9,11,13,16,22,24,34H,3-4,7,10,12,14H2,1H3,(H,30,36);1,4-5,7-8,10,12,14,20,22,33H,2-3,6,9,11,13H2,(H2,29,35)(H,30,36);1-3,5,7-8,11,14,16,23,32H,4,6,9-10,12H2,(H2,28,34)(H,29,35);1-3,5,7-8,13,15,22,32H,4,6,9-11H2,(H2,27,34)(H,28,35)/t16-,22-,24+;14-,20-,22+;14-,16-,23-;13-,15-,22-/m1100/s1. The van der Waals surface area contributed by atoms with E-state index in [1.807, 2.05) is 0 Å². The fraction of sp³-hybridized carbons (Fsp3) is 0.343. The number of likely N-dealkylation sites (tertiary alicyclic amines) is 4. The number of nitrogens with two attached hydrogens (primary N) is 3. The summed E-state index contributed by atoms with van der Waals surface area (Å²) in [5.41, 5.74) is 20.4. The first-order valence-corrected chi connectivity index (χ1v) is 48.1. The minimum atomic E-state index is -0.753. The number of ketones is 1. The van der Waals surface area contributed by atoms with E-state index in [9.17, 15) is 95.5 Å². The molecule has 8 aliphatic rings. The zero-order valence-corrected chi connectivity index (χ0v) is 79.6. The summed E-state index contributed by atoms with van der Waals surface area (Å²) >= 11 is 23.4. The number of carbonyl (C=O) groups excluding carboxylic acids is 12. The van der Waals surface area contributed by atoms with Crippen molar-refractivity contribution in [1.82, 2.24) is 64.3 Å².